The van der Waals surface area contributed by atoms with Crippen molar-refractivity contribution in [1.29, 1.82) is 0 Å². The fourth-order valence-corrected chi connectivity index (χ4v) is 2.44. The first-order valence-corrected chi connectivity index (χ1v) is 7.40. The number of hydrogen-bond acceptors (Lipinski definition) is 2. The first-order valence-electron chi connectivity index (χ1n) is 7.40. The molecule has 0 aliphatic heterocycles. The van der Waals surface area contributed by atoms with Gasteiger partial charge in [0.05, 0.1) is 5.92 Å². The van der Waals surface area contributed by atoms with Crippen LogP contribution in [0.25, 0.3) is 0 Å². The SMILES string of the molecule is CC(C)C(=O)O[C@@H](C)C(c1ccccc1)c1ccccc1. The quantitative estimate of drug-likeness (QED) is 0.759. The van der Waals surface area contributed by atoms with Gasteiger partial charge in [-0.15, -0.1) is 0 Å². The second kappa shape index (κ2) is 7.07. The molecule has 2 nitrogen and oxygen atoms in total. The van der Waals surface area contributed by atoms with Crippen LogP contribution in [0, 0.1) is 5.92 Å². The molecule has 0 aliphatic rings. The minimum Gasteiger partial charge on any atom is -0.461 e. The molecule has 0 aliphatic carbocycles. The fraction of sp³-hybridized carbons (Fsp3) is 0.316. The van der Waals surface area contributed by atoms with Gasteiger partial charge in [-0.1, -0.05) is 74.5 Å². The van der Waals surface area contributed by atoms with E-state index >= 15 is 0 Å². The Hall–Kier alpha value is -2.09. The Morgan fingerprint density at radius 1 is 0.810 bits per heavy atom. The molecule has 1 atom stereocenters. The molecule has 0 radical (unpaired) electrons. The standard InChI is InChI=1S/C19H22O2/c1-14(2)19(20)21-15(3)18(16-10-6-4-7-11-16)17-12-8-5-9-13-17/h4-15,18H,1-3H3/t15-/m0/s1. The second-order valence-corrected chi connectivity index (χ2v) is 5.60. The van der Waals surface area contributed by atoms with Crippen LogP contribution in [0.1, 0.15) is 37.8 Å². The summed E-state index contributed by atoms with van der Waals surface area (Å²) < 4.78 is 5.64. The van der Waals surface area contributed by atoms with Crippen LogP contribution < -0.4 is 0 Å². The summed E-state index contributed by atoms with van der Waals surface area (Å²) in [5.41, 5.74) is 2.32. The van der Waals surface area contributed by atoms with Crippen LogP contribution in [0.2, 0.25) is 0 Å². The number of esters is 1. The van der Waals surface area contributed by atoms with Crippen molar-refractivity contribution in [2.75, 3.05) is 0 Å². The topological polar surface area (TPSA) is 26.3 Å². The van der Waals surface area contributed by atoms with Gasteiger partial charge >= 0.3 is 5.97 Å². The predicted molar refractivity (Wildman–Crippen MR) is 85.1 cm³/mol. The molecule has 2 rings (SSSR count). The Morgan fingerprint density at radius 2 is 1.24 bits per heavy atom. The van der Waals surface area contributed by atoms with E-state index in [1.54, 1.807) is 0 Å². The number of carbonyl (C=O) groups excluding carboxylic acids is 1. The van der Waals surface area contributed by atoms with Crippen LogP contribution in [0.5, 0.6) is 0 Å². The van der Waals surface area contributed by atoms with E-state index in [0.29, 0.717) is 0 Å². The molecule has 0 bridgehead atoms. The zero-order valence-electron chi connectivity index (χ0n) is 12.8. The summed E-state index contributed by atoms with van der Waals surface area (Å²) in [6.07, 6.45) is -0.204. The summed E-state index contributed by atoms with van der Waals surface area (Å²) in [6.45, 7) is 5.68. The largest absolute Gasteiger partial charge is 0.461 e. The van der Waals surface area contributed by atoms with E-state index in [0.717, 1.165) is 11.1 Å². The van der Waals surface area contributed by atoms with Gasteiger partial charge in [0, 0.05) is 5.92 Å². The fourth-order valence-electron chi connectivity index (χ4n) is 2.44. The third-order valence-corrected chi connectivity index (χ3v) is 3.56. The molecule has 0 aromatic heterocycles. The van der Waals surface area contributed by atoms with Crippen LogP contribution in [0.15, 0.2) is 60.7 Å². The van der Waals surface area contributed by atoms with Gasteiger partial charge in [-0.2, -0.15) is 0 Å². The van der Waals surface area contributed by atoms with Gasteiger partial charge in [0.1, 0.15) is 6.10 Å². The number of ether oxygens (including phenoxy) is 1. The van der Waals surface area contributed by atoms with Crippen LogP contribution >= 0.6 is 0 Å². The molecule has 0 fully saturated rings. The van der Waals surface area contributed by atoms with Crippen molar-refractivity contribution in [1.82, 2.24) is 0 Å². The molecule has 0 amide bonds. The summed E-state index contributed by atoms with van der Waals surface area (Å²) in [5.74, 6) is -0.214. The molecular formula is C19H22O2. The van der Waals surface area contributed by atoms with Crippen molar-refractivity contribution in [3.05, 3.63) is 71.8 Å². The summed E-state index contributed by atoms with van der Waals surface area (Å²) >= 11 is 0. The molecule has 2 aromatic carbocycles. The normalized spacial score (nSPS) is 12.4. The van der Waals surface area contributed by atoms with E-state index in [1.165, 1.54) is 0 Å². The third-order valence-electron chi connectivity index (χ3n) is 3.56. The van der Waals surface area contributed by atoms with Crippen LogP contribution in [-0.2, 0) is 9.53 Å². The van der Waals surface area contributed by atoms with Crippen LogP contribution in [0.4, 0.5) is 0 Å². The molecule has 110 valence electrons. The predicted octanol–water partition coefficient (Wildman–Crippen LogP) is 4.41. The Labute approximate surface area is 126 Å². The summed E-state index contributed by atoms with van der Waals surface area (Å²) in [6, 6.07) is 20.4. The number of rotatable bonds is 5. The van der Waals surface area contributed by atoms with E-state index < -0.39 is 0 Å². The Morgan fingerprint density at radius 3 is 1.62 bits per heavy atom. The molecular weight excluding hydrogens is 260 g/mol. The summed E-state index contributed by atoms with van der Waals surface area (Å²) in [5, 5.41) is 0. The molecule has 0 spiro atoms. The van der Waals surface area contributed by atoms with Gasteiger partial charge in [0.2, 0.25) is 0 Å². The first kappa shape index (κ1) is 15.3. The van der Waals surface area contributed by atoms with Crippen LogP contribution in [0.3, 0.4) is 0 Å². The van der Waals surface area contributed by atoms with Gasteiger partial charge in [-0.25, -0.2) is 0 Å². The monoisotopic (exact) mass is 282 g/mol. The van der Waals surface area contributed by atoms with E-state index in [2.05, 4.69) is 24.3 Å². The highest BCUT2D eigenvalue weighted by Gasteiger charge is 2.25. The maximum atomic E-state index is 11.9. The molecule has 2 aromatic rings. The van der Waals surface area contributed by atoms with Crippen LogP contribution in [-0.4, -0.2) is 12.1 Å². The zero-order valence-corrected chi connectivity index (χ0v) is 12.8. The zero-order chi connectivity index (χ0) is 15.2. The van der Waals surface area contributed by atoms with E-state index in [-0.39, 0.29) is 23.9 Å². The molecule has 0 saturated carbocycles. The second-order valence-electron chi connectivity index (χ2n) is 5.60. The van der Waals surface area contributed by atoms with Gasteiger partial charge in [0.15, 0.2) is 0 Å². The van der Waals surface area contributed by atoms with E-state index in [4.69, 9.17) is 4.74 Å². The van der Waals surface area contributed by atoms with Crippen molar-refractivity contribution in [2.24, 2.45) is 5.92 Å². The lowest BCUT2D eigenvalue weighted by molar-refractivity contribution is -0.152. The lowest BCUT2D eigenvalue weighted by atomic mass is 9.87. The van der Waals surface area contributed by atoms with Crippen molar-refractivity contribution in [3.63, 3.8) is 0 Å². The molecule has 0 saturated heterocycles. The summed E-state index contributed by atoms with van der Waals surface area (Å²) in [4.78, 5) is 11.9. The number of carbonyl (C=O) groups is 1. The van der Waals surface area contributed by atoms with Crippen molar-refractivity contribution in [3.8, 4) is 0 Å². The Bertz CT molecular complexity index is 521. The third kappa shape index (κ3) is 3.94. The van der Waals surface area contributed by atoms with Crippen molar-refractivity contribution in [2.45, 2.75) is 32.8 Å². The van der Waals surface area contributed by atoms with Gasteiger partial charge in [0.25, 0.3) is 0 Å². The smallest absolute Gasteiger partial charge is 0.308 e. The lowest BCUT2D eigenvalue weighted by Gasteiger charge is -2.25. The molecule has 0 heterocycles. The maximum Gasteiger partial charge on any atom is 0.308 e. The number of benzene rings is 2. The van der Waals surface area contributed by atoms with E-state index in [9.17, 15) is 4.79 Å². The molecule has 21 heavy (non-hydrogen) atoms. The Balaban J connectivity index is 2.31. The van der Waals surface area contributed by atoms with Crippen molar-refractivity contribution >= 4 is 5.97 Å². The highest BCUT2D eigenvalue weighted by Crippen LogP contribution is 2.30. The van der Waals surface area contributed by atoms with Gasteiger partial charge < -0.3 is 4.74 Å². The van der Waals surface area contributed by atoms with Gasteiger partial charge in [-0.05, 0) is 18.1 Å². The minimum atomic E-state index is -0.204. The molecule has 0 unspecified atom stereocenters. The first-order chi connectivity index (χ1) is 10.1. The molecule has 0 N–H and O–H groups in total. The lowest BCUT2D eigenvalue weighted by Crippen LogP contribution is -2.25. The minimum absolute atomic E-state index is 0.0510. The highest BCUT2D eigenvalue weighted by atomic mass is 16.5. The van der Waals surface area contributed by atoms with Crippen molar-refractivity contribution < 1.29 is 9.53 Å². The number of hydrogen-bond donors (Lipinski definition) is 0. The Kier molecular flexibility index (Phi) is 5.15. The maximum absolute atomic E-state index is 11.9. The summed E-state index contributed by atoms with van der Waals surface area (Å²) in [7, 11) is 0. The average molecular weight is 282 g/mol. The highest BCUT2D eigenvalue weighted by molar-refractivity contribution is 5.71. The van der Waals surface area contributed by atoms with E-state index in [1.807, 2.05) is 57.2 Å². The molecule has 2 heteroatoms. The average Bonchev–Trinajstić information content (AvgIpc) is 2.49. The van der Waals surface area contributed by atoms with Gasteiger partial charge in [-0.3, -0.25) is 4.79 Å².